The third-order valence-corrected chi connectivity index (χ3v) is 4.42. The Morgan fingerprint density at radius 1 is 1.50 bits per heavy atom. The van der Waals surface area contributed by atoms with E-state index in [4.69, 9.17) is 22.2 Å². The number of nitrogens with zero attached hydrogens (tertiary/aromatic N) is 2. The first kappa shape index (κ1) is 15.8. The highest BCUT2D eigenvalue weighted by Crippen LogP contribution is 2.25. The van der Waals surface area contributed by atoms with Crippen LogP contribution in [0.15, 0.2) is 0 Å². The standard InChI is InChI=1S/C14H25ClN4O/c1-3-10-14(15)12(19(4-2)18-10)9-11(17-16)13-7-5-6-8-20-13/h11,13,17H,3-9,16H2,1-2H3. The van der Waals surface area contributed by atoms with Crippen LogP contribution in [0.25, 0.3) is 0 Å². The molecule has 2 unspecified atom stereocenters. The van der Waals surface area contributed by atoms with Gasteiger partial charge in [0.2, 0.25) is 0 Å². The minimum absolute atomic E-state index is 0.0829. The number of nitrogens with two attached hydrogens (primary N) is 1. The van der Waals surface area contributed by atoms with Crippen molar-refractivity contribution in [3.8, 4) is 0 Å². The SMILES string of the molecule is CCc1nn(CC)c(CC(NN)C2CCCCO2)c1Cl. The van der Waals surface area contributed by atoms with E-state index in [1.54, 1.807) is 0 Å². The molecule has 2 rings (SSSR count). The highest BCUT2D eigenvalue weighted by atomic mass is 35.5. The Bertz CT molecular complexity index is 429. The van der Waals surface area contributed by atoms with Crippen LogP contribution in [0, 0.1) is 0 Å². The monoisotopic (exact) mass is 300 g/mol. The van der Waals surface area contributed by atoms with Gasteiger partial charge < -0.3 is 4.74 Å². The van der Waals surface area contributed by atoms with Gasteiger partial charge in [0.25, 0.3) is 0 Å². The molecule has 1 aliphatic rings. The van der Waals surface area contributed by atoms with E-state index < -0.39 is 0 Å². The molecule has 0 saturated carbocycles. The van der Waals surface area contributed by atoms with Gasteiger partial charge in [0.1, 0.15) is 0 Å². The molecule has 1 aromatic rings. The molecule has 0 spiro atoms. The lowest BCUT2D eigenvalue weighted by atomic mass is 9.98. The zero-order chi connectivity index (χ0) is 14.5. The molecule has 2 atom stereocenters. The summed E-state index contributed by atoms with van der Waals surface area (Å²) in [6.45, 7) is 5.79. The predicted molar refractivity (Wildman–Crippen MR) is 80.7 cm³/mol. The molecule has 1 fully saturated rings. The van der Waals surface area contributed by atoms with Crippen LogP contribution in [-0.2, 0) is 24.1 Å². The maximum absolute atomic E-state index is 6.46. The van der Waals surface area contributed by atoms with Crippen LogP contribution in [0.2, 0.25) is 5.02 Å². The van der Waals surface area contributed by atoms with Gasteiger partial charge in [0.05, 0.1) is 28.6 Å². The summed E-state index contributed by atoms with van der Waals surface area (Å²) in [4.78, 5) is 0. The minimum atomic E-state index is 0.0829. The molecule has 0 bridgehead atoms. The third-order valence-electron chi connectivity index (χ3n) is 3.99. The van der Waals surface area contributed by atoms with E-state index in [0.717, 1.165) is 55.2 Å². The molecule has 0 radical (unpaired) electrons. The maximum Gasteiger partial charge on any atom is 0.0850 e. The predicted octanol–water partition coefficient (Wildman–Crippen LogP) is 2.06. The number of ether oxygens (including phenoxy) is 1. The maximum atomic E-state index is 6.46. The zero-order valence-corrected chi connectivity index (χ0v) is 13.1. The summed E-state index contributed by atoms with van der Waals surface area (Å²) in [6.07, 6.45) is 5.15. The summed E-state index contributed by atoms with van der Waals surface area (Å²) in [7, 11) is 0. The van der Waals surface area contributed by atoms with Crippen molar-refractivity contribution in [2.45, 2.75) is 64.6 Å². The normalized spacial score (nSPS) is 21.1. The van der Waals surface area contributed by atoms with Gasteiger partial charge >= 0.3 is 0 Å². The van der Waals surface area contributed by atoms with Crippen LogP contribution in [0.5, 0.6) is 0 Å². The molecule has 20 heavy (non-hydrogen) atoms. The van der Waals surface area contributed by atoms with E-state index in [2.05, 4.69) is 24.4 Å². The minimum Gasteiger partial charge on any atom is -0.377 e. The van der Waals surface area contributed by atoms with Gasteiger partial charge in [0.15, 0.2) is 0 Å². The first-order valence-corrected chi connectivity index (χ1v) is 7.90. The molecule has 6 heteroatoms. The average molecular weight is 301 g/mol. The number of rotatable bonds is 6. The van der Waals surface area contributed by atoms with Crippen LogP contribution in [0.3, 0.4) is 0 Å². The van der Waals surface area contributed by atoms with Gasteiger partial charge in [-0.15, -0.1) is 0 Å². The van der Waals surface area contributed by atoms with Gasteiger partial charge in [-0.2, -0.15) is 5.10 Å². The van der Waals surface area contributed by atoms with E-state index >= 15 is 0 Å². The quantitative estimate of drug-likeness (QED) is 0.623. The van der Waals surface area contributed by atoms with Crippen molar-refractivity contribution in [1.29, 1.82) is 0 Å². The second-order valence-electron chi connectivity index (χ2n) is 5.26. The first-order valence-electron chi connectivity index (χ1n) is 7.53. The van der Waals surface area contributed by atoms with Crippen LogP contribution < -0.4 is 11.3 Å². The van der Waals surface area contributed by atoms with Crippen LogP contribution >= 0.6 is 11.6 Å². The van der Waals surface area contributed by atoms with Gasteiger partial charge in [0, 0.05) is 19.6 Å². The van der Waals surface area contributed by atoms with E-state index in [0.29, 0.717) is 0 Å². The number of hydrogen-bond acceptors (Lipinski definition) is 4. The fraction of sp³-hybridized carbons (Fsp3) is 0.786. The molecule has 2 heterocycles. The number of nitrogens with one attached hydrogen (secondary N) is 1. The van der Waals surface area contributed by atoms with Gasteiger partial charge in [-0.05, 0) is 32.6 Å². The van der Waals surface area contributed by atoms with Crippen molar-refractivity contribution in [2.24, 2.45) is 5.84 Å². The highest BCUT2D eigenvalue weighted by molar-refractivity contribution is 6.31. The van der Waals surface area contributed by atoms with Crippen molar-refractivity contribution < 1.29 is 4.74 Å². The second kappa shape index (κ2) is 7.41. The largest absolute Gasteiger partial charge is 0.377 e. The van der Waals surface area contributed by atoms with Crippen molar-refractivity contribution in [1.82, 2.24) is 15.2 Å². The lowest BCUT2D eigenvalue weighted by Gasteiger charge is -2.30. The Morgan fingerprint density at radius 3 is 2.85 bits per heavy atom. The Balaban J connectivity index is 2.15. The first-order chi connectivity index (χ1) is 9.71. The molecular formula is C14H25ClN4O. The Kier molecular flexibility index (Phi) is 5.84. The van der Waals surface area contributed by atoms with E-state index in [-0.39, 0.29) is 12.1 Å². The van der Waals surface area contributed by atoms with Crippen LogP contribution in [0.4, 0.5) is 0 Å². The summed E-state index contributed by atoms with van der Waals surface area (Å²) in [5, 5.41) is 5.34. The molecule has 0 aromatic carbocycles. The Labute approximate surface area is 125 Å². The van der Waals surface area contributed by atoms with E-state index in [1.807, 2.05) is 4.68 Å². The van der Waals surface area contributed by atoms with Gasteiger partial charge in [-0.3, -0.25) is 16.0 Å². The average Bonchev–Trinajstić information content (AvgIpc) is 2.81. The fourth-order valence-corrected chi connectivity index (χ4v) is 3.15. The number of aromatic nitrogens is 2. The number of aryl methyl sites for hydroxylation is 2. The molecule has 0 aliphatic carbocycles. The number of halogens is 1. The third kappa shape index (κ3) is 3.34. The molecule has 1 aromatic heterocycles. The van der Waals surface area contributed by atoms with Gasteiger partial charge in [-0.1, -0.05) is 18.5 Å². The van der Waals surface area contributed by atoms with E-state index in [1.165, 1.54) is 6.42 Å². The summed E-state index contributed by atoms with van der Waals surface area (Å²) >= 11 is 6.46. The molecule has 114 valence electrons. The summed E-state index contributed by atoms with van der Waals surface area (Å²) < 4.78 is 7.81. The smallest absolute Gasteiger partial charge is 0.0850 e. The van der Waals surface area contributed by atoms with Crippen molar-refractivity contribution in [3.63, 3.8) is 0 Å². The van der Waals surface area contributed by atoms with Gasteiger partial charge in [-0.25, -0.2) is 0 Å². The number of hydrogen-bond donors (Lipinski definition) is 2. The number of hydrazine groups is 1. The molecular weight excluding hydrogens is 276 g/mol. The Morgan fingerprint density at radius 2 is 2.30 bits per heavy atom. The molecule has 0 amide bonds. The summed E-state index contributed by atoms with van der Waals surface area (Å²) in [6, 6.07) is 0.0829. The topological polar surface area (TPSA) is 65.1 Å². The van der Waals surface area contributed by atoms with Crippen LogP contribution in [-0.4, -0.2) is 28.5 Å². The van der Waals surface area contributed by atoms with E-state index in [9.17, 15) is 0 Å². The lowest BCUT2D eigenvalue weighted by Crippen LogP contribution is -2.48. The van der Waals surface area contributed by atoms with Crippen molar-refractivity contribution >= 4 is 11.6 Å². The second-order valence-corrected chi connectivity index (χ2v) is 5.64. The molecule has 1 saturated heterocycles. The zero-order valence-electron chi connectivity index (χ0n) is 12.4. The van der Waals surface area contributed by atoms with Crippen molar-refractivity contribution in [2.75, 3.05) is 6.61 Å². The molecule has 5 nitrogen and oxygen atoms in total. The van der Waals surface area contributed by atoms with Crippen molar-refractivity contribution in [3.05, 3.63) is 16.4 Å². The lowest BCUT2D eigenvalue weighted by molar-refractivity contribution is -0.00780. The van der Waals surface area contributed by atoms with Crippen LogP contribution in [0.1, 0.15) is 44.5 Å². The highest BCUT2D eigenvalue weighted by Gasteiger charge is 2.26. The summed E-state index contributed by atoms with van der Waals surface area (Å²) in [5.41, 5.74) is 4.92. The fourth-order valence-electron chi connectivity index (χ4n) is 2.80. The summed E-state index contributed by atoms with van der Waals surface area (Å²) in [5.74, 6) is 5.73. The molecule has 3 N–H and O–H groups in total. The molecule has 1 aliphatic heterocycles. The Hall–Kier alpha value is -0.620.